The molecule has 2 saturated heterocycles. The number of ether oxygens (including phenoxy) is 3. The molecule has 3 heterocycles. The molecule has 1 aromatic heterocycles. The molecular weight excluding hydrogens is 561 g/mol. The van der Waals surface area contributed by atoms with Crippen molar-refractivity contribution in [2.24, 2.45) is 0 Å². The summed E-state index contributed by atoms with van der Waals surface area (Å²) in [7, 11) is 0. The third-order valence-electron chi connectivity index (χ3n) is 6.82. The van der Waals surface area contributed by atoms with Crippen molar-refractivity contribution in [3.05, 3.63) is 59.4 Å². The quantitative estimate of drug-likeness (QED) is 0.446. The van der Waals surface area contributed by atoms with Crippen LogP contribution in [-0.2, 0) is 19.1 Å². The number of hydrogen-bond acceptors (Lipinski definition) is 8. The maximum absolute atomic E-state index is 12.9. The van der Waals surface area contributed by atoms with Crippen LogP contribution in [0.15, 0.2) is 42.6 Å². The molecule has 42 heavy (non-hydrogen) atoms. The monoisotopic (exact) mass is 592 g/mol. The Morgan fingerprint density at radius 2 is 1.88 bits per heavy atom. The van der Waals surface area contributed by atoms with Gasteiger partial charge in [0, 0.05) is 19.1 Å². The number of rotatable bonds is 8. The topological polar surface area (TPSA) is 136 Å². The van der Waals surface area contributed by atoms with Gasteiger partial charge in [-0.15, -0.1) is 0 Å². The van der Waals surface area contributed by atoms with Gasteiger partial charge in [0.15, 0.2) is 0 Å². The maximum Gasteiger partial charge on any atom is 0.471 e. The standard InChI is InChI=1S/C28H31F3N4O7/c1-16-5-7-18(8-6-16)24(17(2)33-26(38)28(29,30)31)41-20-9-10-22(32-13-20)25(37)34-19-4-3-11-35(14-19)27(39)42-21-12-23(36)40-15-21/h5-10,13,17,19,21,24H,3-4,11-12,14-15H2,1-2H3,(H,33,38)(H,34,37)/t17-,19-,21+,24-/m0/s1. The lowest BCUT2D eigenvalue weighted by atomic mass is 10.0. The van der Waals surface area contributed by atoms with Crippen LogP contribution in [0.4, 0.5) is 18.0 Å². The first-order valence-corrected chi connectivity index (χ1v) is 13.4. The molecule has 2 N–H and O–H groups in total. The molecule has 226 valence electrons. The van der Waals surface area contributed by atoms with Crippen molar-refractivity contribution >= 4 is 23.9 Å². The van der Waals surface area contributed by atoms with Crippen LogP contribution in [-0.4, -0.2) is 77.8 Å². The number of piperidine rings is 1. The molecule has 2 aliphatic heterocycles. The highest BCUT2D eigenvalue weighted by molar-refractivity contribution is 5.92. The van der Waals surface area contributed by atoms with E-state index in [1.165, 1.54) is 30.2 Å². The van der Waals surface area contributed by atoms with Gasteiger partial charge in [0.2, 0.25) is 0 Å². The molecule has 1 aromatic carbocycles. The van der Waals surface area contributed by atoms with Gasteiger partial charge in [0.25, 0.3) is 5.91 Å². The molecular formula is C28H31F3N4O7. The zero-order valence-electron chi connectivity index (χ0n) is 23.0. The molecule has 14 heteroatoms. The Morgan fingerprint density at radius 3 is 2.50 bits per heavy atom. The molecule has 2 aromatic rings. The minimum absolute atomic E-state index is 0.0119. The van der Waals surface area contributed by atoms with E-state index in [4.69, 9.17) is 14.2 Å². The van der Waals surface area contributed by atoms with Crippen LogP contribution in [0.2, 0.25) is 0 Å². The molecule has 0 radical (unpaired) electrons. The first kappa shape index (κ1) is 30.6. The van der Waals surface area contributed by atoms with Crippen molar-refractivity contribution in [3.8, 4) is 5.75 Å². The van der Waals surface area contributed by atoms with Crippen LogP contribution in [0.5, 0.6) is 5.75 Å². The SMILES string of the molecule is Cc1ccc([C@@H](Oc2ccc(C(=O)N[C@H]3CCCN(C(=O)O[C@H]4COC(=O)C4)C3)nc2)[C@H](C)NC(=O)C(F)(F)F)cc1. The van der Waals surface area contributed by atoms with Crippen LogP contribution >= 0.6 is 0 Å². The number of hydrogen-bond donors (Lipinski definition) is 2. The highest BCUT2D eigenvalue weighted by atomic mass is 19.4. The van der Waals surface area contributed by atoms with E-state index >= 15 is 0 Å². The van der Waals surface area contributed by atoms with E-state index in [0.717, 1.165) is 5.56 Å². The fourth-order valence-corrected chi connectivity index (χ4v) is 4.61. The van der Waals surface area contributed by atoms with Gasteiger partial charge in [-0.1, -0.05) is 29.8 Å². The highest BCUT2D eigenvalue weighted by Crippen LogP contribution is 2.26. The predicted molar refractivity (Wildman–Crippen MR) is 140 cm³/mol. The van der Waals surface area contributed by atoms with E-state index in [1.54, 1.807) is 24.3 Å². The number of nitrogens with zero attached hydrogens (tertiary/aromatic N) is 2. The number of pyridine rings is 1. The minimum atomic E-state index is -5.05. The zero-order valence-corrected chi connectivity index (χ0v) is 23.0. The average molecular weight is 593 g/mol. The van der Waals surface area contributed by atoms with E-state index < -0.39 is 48.3 Å². The number of halogens is 3. The zero-order chi connectivity index (χ0) is 30.4. The van der Waals surface area contributed by atoms with Crippen molar-refractivity contribution < 1.29 is 46.6 Å². The van der Waals surface area contributed by atoms with E-state index in [0.29, 0.717) is 24.9 Å². The van der Waals surface area contributed by atoms with Gasteiger partial charge in [-0.2, -0.15) is 13.2 Å². The molecule has 0 aliphatic carbocycles. The van der Waals surface area contributed by atoms with Gasteiger partial charge < -0.3 is 29.7 Å². The van der Waals surface area contributed by atoms with Crippen LogP contribution in [0.1, 0.15) is 53.9 Å². The van der Waals surface area contributed by atoms with E-state index in [-0.39, 0.29) is 37.1 Å². The lowest BCUT2D eigenvalue weighted by Gasteiger charge is -2.32. The molecule has 4 atom stereocenters. The Morgan fingerprint density at radius 1 is 1.14 bits per heavy atom. The first-order valence-electron chi connectivity index (χ1n) is 13.4. The summed E-state index contributed by atoms with van der Waals surface area (Å²) in [5, 5.41) is 4.77. The van der Waals surface area contributed by atoms with Crippen molar-refractivity contribution in [3.63, 3.8) is 0 Å². The maximum atomic E-state index is 12.9. The van der Waals surface area contributed by atoms with Gasteiger partial charge in [0.05, 0.1) is 18.7 Å². The Bertz CT molecular complexity index is 1290. The van der Waals surface area contributed by atoms with Gasteiger partial charge in [-0.25, -0.2) is 9.78 Å². The summed E-state index contributed by atoms with van der Waals surface area (Å²) >= 11 is 0. The Hall–Kier alpha value is -4.36. The third kappa shape index (κ3) is 8.10. The fourth-order valence-electron chi connectivity index (χ4n) is 4.61. The lowest BCUT2D eigenvalue weighted by molar-refractivity contribution is -0.174. The van der Waals surface area contributed by atoms with E-state index in [1.807, 2.05) is 12.2 Å². The van der Waals surface area contributed by atoms with Gasteiger partial charge >= 0.3 is 24.1 Å². The predicted octanol–water partition coefficient (Wildman–Crippen LogP) is 3.22. The van der Waals surface area contributed by atoms with Crippen molar-refractivity contribution in [1.82, 2.24) is 20.5 Å². The van der Waals surface area contributed by atoms with Crippen LogP contribution < -0.4 is 15.4 Å². The number of benzene rings is 1. The van der Waals surface area contributed by atoms with E-state index in [9.17, 15) is 32.3 Å². The van der Waals surface area contributed by atoms with Crippen molar-refractivity contribution in [2.75, 3.05) is 19.7 Å². The summed E-state index contributed by atoms with van der Waals surface area (Å²) in [5.41, 5.74) is 1.53. The van der Waals surface area contributed by atoms with Crippen molar-refractivity contribution in [2.45, 2.75) is 63.6 Å². The Labute approximate surface area is 239 Å². The molecule has 3 amide bonds. The normalized spacial score (nSPS) is 20.2. The van der Waals surface area contributed by atoms with Gasteiger partial charge in [0.1, 0.15) is 30.3 Å². The van der Waals surface area contributed by atoms with Crippen LogP contribution in [0.25, 0.3) is 0 Å². The summed E-state index contributed by atoms with van der Waals surface area (Å²) in [5.74, 6) is -2.82. The molecule has 0 spiro atoms. The Balaban J connectivity index is 1.36. The molecule has 0 bridgehead atoms. The number of carbonyl (C=O) groups is 4. The van der Waals surface area contributed by atoms with E-state index in [2.05, 4.69) is 10.3 Å². The van der Waals surface area contributed by atoms with Crippen LogP contribution in [0, 0.1) is 6.92 Å². The largest absolute Gasteiger partial charge is 0.482 e. The number of aryl methyl sites for hydroxylation is 1. The van der Waals surface area contributed by atoms with Gasteiger partial charge in [-0.05, 0) is 44.4 Å². The van der Waals surface area contributed by atoms with Crippen LogP contribution in [0.3, 0.4) is 0 Å². The molecule has 4 rings (SSSR count). The Kier molecular flexibility index (Phi) is 9.53. The number of likely N-dealkylation sites (tertiary alicyclic amines) is 1. The van der Waals surface area contributed by atoms with Crippen molar-refractivity contribution in [1.29, 1.82) is 0 Å². The second kappa shape index (κ2) is 13.1. The summed E-state index contributed by atoms with van der Waals surface area (Å²) < 4.78 is 54.6. The number of carbonyl (C=O) groups excluding carboxylic acids is 4. The molecule has 0 saturated carbocycles. The number of alkyl halides is 3. The lowest BCUT2D eigenvalue weighted by Crippen LogP contribution is -2.50. The summed E-state index contributed by atoms with van der Waals surface area (Å²) in [4.78, 5) is 53.7. The molecule has 2 aliphatic rings. The second-order valence-electron chi connectivity index (χ2n) is 10.2. The molecule has 2 fully saturated rings. The summed E-state index contributed by atoms with van der Waals surface area (Å²) in [6.45, 7) is 3.94. The smallest absolute Gasteiger partial charge is 0.471 e. The molecule has 11 nitrogen and oxygen atoms in total. The second-order valence-corrected chi connectivity index (χ2v) is 10.2. The number of amides is 3. The third-order valence-corrected chi connectivity index (χ3v) is 6.82. The number of esters is 1. The first-order chi connectivity index (χ1) is 19.9. The minimum Gasteiger partial charge on any atom is -0.482 e. The number of aromatic nitrogens is 1. The number of cyclic esters (lactones) is 1. The summed E-state index contributed by atoms with van der Waals surface area (Å²) in [6, 6.07) is 8.36. The molecule has 0 unspecified atom stereocenters. The number of nitrogens with one attached hydrogen (secondary N) is 2. The fraction of sp³-hybridized carbons (Fsp3) is 0.464. The highest BCUT2D eigenvalue weighted by Gasteiger charge is 2.40. The average Bonchev–Trinajstić information content (AvgIpc) is 3.36. The summed E-state index contributed by atoms with van der Waals surface area (Å²) in [6.07, 6.45) is -4.71. The van der Waals surface area contributed by atoms with Gasteiger partial charge in [-0.3, -0.25) is 14.4 Å².